The van der Waals surface area contributed by atoms with Crippen molar-refractivity contribution in [3.63, 3.8) is 0 Å². The van der Waals surface area contributed by atoms with Crippen LogP contribution < -0.4 is 0 Å². The van der Waals surface area contributed by atoms with Gasteiger partial charge in [-0.25, -0.2) is 0 Å². The smallest absolute Gasteiger partial charge is 0.155 e. The van der Waals surface area contributed by atoms with E-state index in [1.54, 1.807) is 0 Å². The molecule has 1 aliphatic rings. The molecule has 0 aromatic rings. The lowest BCUT2D eigenvalue weighted by molar-refractivity contribution is -0.108. The molecule has 0 N–H and O–H groups in total. The number of hydrogen-bond acceptors (Lipinski definition) is 2. The van der Waals surface area contributed by atoms with Crippen molar-refractivity contribution in [3.05, 3.63) is 11.8 Å². The summed E-state index contributed by atoms with van der Waals surface area (Å²) in [6.45, 7) is 6.41. The van der Waals surface area contributed by atoms with Gasteiger partial charge in [0.05, 0.1) is 0 Å². The van der Waals surface area contributed by atoms with E-state index >= 15 is 0 Å². The van der Waals surface area contributed by atoms with E-state index in [2.05, 4.69) is 26.8 Å². The Bertz CT molecular complexity index is 198. The molecule has 12 heavy (non-hydrogen) atoms. The van der Waals surface area contributed by atoms with Gasteiger partial charge in [0, 0.05) is 6.42 Å². The summed E-state index contributed by atoms with van der Waals surface area (Å²) in [6.07, 6.45) is 4.74. The zero-order valence-electron chi connectivity index (χ0n) is 7.96. The van der Waals surface area contributed by atoms with Gasteiger partial charge in [-0.1, -0.05) is 20.8 Å². The lowest BCUT2D eigenvalue weighted by atomic mass is 9.96. The molecule has 0 aromatic carbocycles. The molecule has 1 rings (SSSR count). The van der Waals surface area contributed by atoms with Gasteiger partial charge in [-0.15, -0.1) is 0 Å². The number of allylic oxidation sites excluding steroid dienone is 1. The summed E-state index contributed by atoms with van der Waals surface area (Å²) < 4.78 is 5.30. The van der Waals surface area contributed by atoms with Gasteiger partial charge in [0.2, 0.25) is 0 Å². The van der Waals surface area contributed by atoms with Crippen LogP contribution in [0, 0.1) is 5.41 Å². The zero-order valence-corrected chi connectivity index (χ0v) is 7.96. The quantitative estimate of drug-likeness (QED) is 0.478. The van der Waals surface area contributed by atoms with Crippen molar-refractivity contribution in [2.45, 2.75) is 39.7 Å². The largest absolute Gasteiger partial charge is 0.483 e. The summed E-state index contributed by atoms with van der Waals surface area (Å²) >= 11 is 0. The van der Waals surface area contributed by atoms with Crippen molar-refractivity contribution < 1.29 is 9.53 Å². The summed E-state index contributed by atoms with van der Waals surface area (Å²) in [4.78, 5) is 10.1. The van der Waals surface area contributed by atoms with E-state index < -0.39 is 0 Å². The molecular formula is C10H16O2. The third kappa shape index (κ3) is 3.07. The Kier molecular flexibility index (Phi) is 2.55. The lowest BCUT2D eigenvalue weighted by Crippen LogP contribution is -1.98. The number of carbonyl (C=O) groups excluding carboxylic acids is 1. The van der Waals surface area contributed by atoms with Gasteiger partial charge < -0.3 is 9.53 Å². The van der Waals surface area contributed by atoms with Crippen molar-refractivity contribution in [1.82, 2.24) is 0 Å². The molecule has 1 saturated heterocycles. The minimum absolute atomic E-state index is 0.186. The number of epoxide rings is 1. The molecule has 2 heteroatoms. The second-order valence-electron chi connectivity index (χ2n) is 4.26. The van der Waals surface area contributed by atoms with Crippen LogP contribution in [-0.2, 0) is 9.53 Å². The topological polar surface area (TPSA) is 29.6 Å². The molecule has 0 aromatic heterocycles. The van der Waals surface area contributed by atoms with E-state index in [0.29, 0.717) is 6.42 Å². The third-order valence-electron chi connectivity index (χ3n) is 1.66. The Hall–Kier alpha value is -0.790. The SMILES string of the molecule is CC(C)(C)/C=C1/OC1CCC=O. The highest BCUT2D eigenvalue weighted by Gasteiger charge is 2.33. The Morgan fingerprint density at radius 1 is 1.50 bits per heavy atom. The van der Waals surface area contributed by atoms with E-state index in [1.165, 1.54) is 0 Å². The highest BCUT2D eigenvalue weighted by atomic mass is 16.6. The Balaban J connectivity index is 2.32. The van der Waals surface area contributed by atoms with Crippen LogP contribution in [0.25, 0.3) is 0 Å². The molecule has 1 fully saturated rings. The predicted octanol–water partition coefficient (Wildman–Crippen LogP) is 2.29. The van der Waals surface area contributed by atoms with E-state index in [1.807, 2.05) is 0 Å². The molecular weight excluding hydrogens is 152 g/mol. The highest BCUT2D eigenvalue weighted by molar-refractivity contribution is 5.49. The maximum absolute atomic E-state index is 10.1. The van der Waals surface area contributed by atoms with Gasteiger partial charge in [0.1, 0.15) is 12.0 Å². The van der Waals surface area contributed by atoms with Crippen LogP contribution in [0.1, 0.15) is 33.6 Å². The fraction of sp³-hybridized carbons (Fsp3) is 0.700. The monoisotopic (exact) mass is 168 g/mol. The van der Waals surface area contributed by atoms with Crippen molar-refractivity contribution in [2.24, 2.45) is 5.41 Å². The normalized spacial score (nSPS) is 25.2. The molecule has 1 aliphatic heterocycles. The molecule has 68 valence electrons. The van der Waals surface area contributed by atoms with E-state index in [9.17, 15) is 4.79 Å². The molecule has 0 bridgehead atoms. The average molecular weight is 168 g/mol. The van der Waals surface area contributed by atoms with Crippen molar-refractivity contribution >= 4 is 6.29 Å². The fourth-order valence-corrected chi connectivity index (χ4v) is 1.10. The number of carbonyl (C=O) groups is 1. The summed E-state index contributed by atoms with van der Waals surface area (Å²) in [5.41, 5.74) is 0.186. The first-order valence-corrected chi connectivity index (χ1v) is 4.36. The van der Waals surface area contributed by atoms with Gasteiger partial charge in [-0.05, 0) is 17.9 Å². The van der Waals surface area contributed by atoms with Gasteiger partial charge in [-0.3, -0.25) is 0 Å². The maximum Gasteiger partial charge on any atom is 0.155 e. The van der Waals surface area contributed by atoms with Crippen LogP contribution in [-0.4, -0.2) is 12.4 Å². The summed E-state index contributed by atoms with van der Waals surface area (Å²) in [6, 6.07) is 0. The summed E-state index contributed by atoms with van der Waals surface area (Å²) in [5, 5.41) is 0. The van der Waals surface area contributed by atoms with Crippen LogP contribution in [0.4, 0.5) is 0 Å². The second-order valence-corrected chi connectivity index (χ2v) is 4.26. The third-order valence-corrected chi connectivity index (χ3v) is 1.66. The molecule has 0 spiro atoms. The second kappa shape index (κ2) is 3.30. The molecule has 0 saturated carbocycles. The minimum Gasteiger partial charge on any atom is -0.483 e. The van der Waals surface area contributed by atoms with Gasteiger partial charge in [0.15, 0.2) is 6.10 Å². The first-order chi connectivity index (χ1) is 5.53. The maximum atomic E-state index is 10.1. The van der Waals surface area contributed by atoms with E-state index in [4.69, 9.17) is 4.74 Å². The first kappa shape index (κ1) is 9.30. The summed E-state index contributed by atoms with van der Waals surface area (Å²) in [7, 11) is 0. The molecule has 1 unspecified atom stereocenters. The van der Waals surface area contributed by atoms with Crippen LogP contribution in [0.5, 0.6) is 0 Å². The number of hydrogen-bond donors (Lipinski definition) is 0. The van der Waals surface area contributed by atoms with E-state index in [0.717, 1.165) is 18.5 Å². The van der Waals surface area contributed by atoms with Gasteiger partial charge in [0.25, 0.3) is 0 Å². The first-order valence-electron chi connectivity index (χ1n) is 4.36. The average Bonchev–Trinajstić information content (AvgIpc) is 2.60. The minimum atomic E-state index is 0.186. The highest BCUT2D eigenvalue weighted by Crippen LogP contribution is 2.34. The van der Waals surface area contributed by atoms with Crippen molar-refractivity contribution in [3.8, 4) is 0 Å². The molecule has 0 amide bonds. The van der Waals surface area contributed by atoms with E-state index in [-0.39, 0.29) is 11.5 Å². The molecule has 1 heterocycles. The van der Waals surface area contributed by atoms with Crippen LogP contribution in [0.2, 0.25) is 0 Å². The Morgan fingerprint density at radius 3 is 2.67 bits per heavy atom. The lowest BCUT2D eigenvalue weighted by Gasteiger charge is -2.08. The molecule has 0 aliphatic carbocycles. The number of ether oxygens (including phenoxy) is 1. The molecule has 2 nitrogen and oxygen atoms in total. The Morgan fingerprint density at radius 2 is 2.17 bits per heavy atom. The van der Waals surface area contributed by atoms with Crippen molar-refractivity contribution in [2.75, 3.05) is 0 Å². The standard InChI is InChI=1S/C10H16O2/c1-10(2,3)7-9-8(12-9)5-4-6-11/h6-8H,4-5H2,1-3H3/b9-7+. The molecule has 1 atom stereocenters. The fourth-order valence-electron chi connectivity index (χ4n) is 1.10. The van der Waals surface area contributed by atoms with Gasteiger partial charge in [-0.2, -0.15) is 0 Å². The number of aldehydes is 1. The van der Waals surface area contributed by atoms with Crippen LogP contribution in [0.15, 0.2) is 11.8 Å². The Labute approximate surface area is 73.6 Å². The van der Waals surface area contributed by atoms with Gasteiger partial charge >= 0.3 is 0 Å². The molecule has 0 radical (unpaired) electrons. The number of rotatable bonds is 3. The summed E-state index contributed by atoms with van der Waals surface area (Å²) in [5.74, 6) is 1.06. The predicted molar refractivity (Wildman–Crippen MR) is 47.7 cm³/mol. The zero-order chi connectivity index (χ0) is 9.19. The van der Waals surface area contributed by atoms with Crippen molar-refractivity contribution in [1.29, 1.82) is 0 Å². The van der Waals surface area contributed by atoms with Crippen LogP contribution >= 0.6 is 0 Å². The van der Waals surface area contributed by atoms with Crippen LogP contribution in [0.3, 0.4) is 0 Å².